The predicted molar refractivity (Wildman–Crippen MR) is 92.8 cm³/mol. The number of ether oxygens (including phenoxy) is 2. The molecule has 0 heterocycles. The number of carbonyl (C=O) groups is 2. The van der Waals surface area contributed by atoms with Gasteiger partial charge < -0.3 is 14.8 Å². The third-order valence-electron chi connectivity index (χ3n) is 3.38. The van der Waals surface area contributed by atoms with Gasteiger partial charge in [-0.15, -0.1) is 0 Å². The molecule has 1 unspecified atom stereocenters. The standard InChI is InChI=1S/C19H21NO4/c1-4-23-17-9-11-18(12-10-17)24-14(3)19(22)20-16-7-5-15(6-8-16)13(2)21/h5-12,14H,4H2,1-3H3,(H,20,22). The predicted octanol–water partition coefficient (Wildman–Crippen LogP) is 3.69. The van der Waals surface area contributed by atoms with Gasteiger partial charge in [-0.05, 0) is 69.3 Å². The lowest BCUT2D eigenvalue weighted by atomic mass is 10.1. The Balaban J connectivity index is 1.92. The number of benzene rings is 2. The van der Waals surface area contributed by atoms with Crippen molar-refractivity contribution in [2.75, 3.05) is 11.9 Å². The first kappa shape index (κ1) is 17.5. The van der Waals surface area contributed by atoms with Gasteiger partial charge in [0.1, 0.15) is 11.5 Å². The first-order valence-electron chi connectivity index (χ1n) is 7.81. The van der Waals surface area contributed by atoms with Gasteiger partial charge in [0, 0.05) is 11.3 Å². The van der Waals surface area contributed by atoms with Gasteiger partial charge in [-0.25, -0.2) is 0 Å². The third kappa shape index (κ3) is 4.84. The molecule has 1 atom stereocenters. The molecule has 2 rings (SSSR count). The van der Waals surface area contributed by atoms with E-state index in [2.05, 4.69) is 5.32 Å². The van der Waals surface area contributed by atoms with E-state index in [9.17, 15) is 9.59 Å². The first-order chi connectivity index (χ1) is 11.5. The molecule has 0 spiro atoms. The Morgan fingerprint density at radius 2 is 1.58 bits per heavy atom. The maximum atomic E-state index is 12.2. The fourth-order valence-corrected chi connectivity index (χ4v) is 2.07. The van der Waals surface area contributed by atoms with Gasteiger partial charge in [0.15, 0.2) is 11.9 Å². The largest absolute Gasteiger partial charge is 0.494 e. The van der Waals surface area contributed by atoms with Crippen molar-refractivity contribution in [3.05, 3.63) is 54.1 Å². The van der Waals surface area contributed by atoms with Crippen LogP contribution in [-0.4, -0.2) is 24.4 Å². The molecular weight excluding hydrogens is 306 g/mol. The second kappa shape index (κ2) is 8.15. The van der Waals surface area contributed by atoms with E-state index in [-0.39, 0.29) is 11.7 Å². The SMILES string of the molecule is CCOc1ccc(OC(C)C(=O)Nc2ccc(C(C)=O)cc2)cc1. The van der Waals surface area contributed by atoms with Gasteiger partial charge in [0.25, 0.3) is 5.91 Å². The Hall–Kier alpha value is -2.82. The Morgan fingerprint density at radius 1 is 1.00 bits per heavy atom. The molecule has 0 saturated carbocycles. The van der Waals surface area contributed by atoms with Crippen molar-refractivity contribution in [2.45, 2.75) is 26.9 Å². The van der Waals surface area contributed by atoms with E-state index in [0.717, 1.165) is 5.75 Å². The second-order valence-electron chi connectivity index (χ2n) is 5.29. The minimum Gasteiger partial charge on any atom is -0.494 e. The number of anilines is 1. The highest BCUT2D eigenvalue weighted by molar-refractivity contribution is 5.96. The molecule has 0 aromatic heterocycles. The van der Waals surface area contributed by atoms with Crippen molar-refractivity contribution in [3.8, 4) is 11.5 Å². The summed E-state index contributed by atoms with van der Waals surface area (Å²) in [6.07, 6.45) is -0.657. The van der Waals surface area contributed by atoms with E-state index in [4.69, 9.17) is 9.47 Å². The molecule has 0 saturated heterocycles. The van der Waals surface area contributed by atoms with Crippen molar-refractivity contribution in [2.24, 2.45) is 0 Å². The molecule has 126 valence electrons. The number of hydrogen-bond acceptors (Lipinski definition) is 4. The molecule has 0 fully saturated rings. The summed E-state index contributed by atoms with van der Waals surface area (Å²) in [4.78, 5) is 23.4. The highest BCUT2D eigenvalue weighted by atomic mass is 16.5. The summed E-state index contributed by atoms with van der Waals surface area (Å²) < 4.78 is 11.0. The fourth-order valence-electron chi connectivity index (χ4n) is 2.07. The molecule has 2 aromatic rings. The lowest BCUT2D eigenvalue weighted by Crippen LogP contribution is -2.30. The minimum absolute atomic E-state index is 0.0138. The van der Waals surface area contributed by atoms with Crippen LogP contribution in [-0.2, 0) is 4.79 Å². The molecule has 0 bridgehead atoms. The molecule has 0 radical (unpaired) electrons. The van der Waals surface area contributed by atoms with E-state index >= 15 is 0 Å². The van der Waals surface area contributed by atoms with E-state index in [1.807, 2.05) is 6.92 Å². The van der Waals surface area contributed by atoms with Crippen LogP contribution in [0, 0.1) is 0 Å². The van der Waals surface area contributed by atoms with Gasteiger partial charge in [-0.3, -0.25) is 9.59 Å². The van der Waals surface area contributed by atoms with Gasteiger partial charge in [-0.2, -0.15) is 0 Å². The van der Waals surface area contributed by atoms with Crippen molar-refractivity contribution in [1.82, 2.24) is 0 Å². The lowest BCUT2D eigenvalue weighted by molar-refractivity contribution is -0.122. The van der Waals surface area contributed by atoms with Gasteiger partial charge in [0.05, 0.1) is 6.61 Å². The number of nitrogens with one attached hydrogen (secondary N) is 1. The van der Waals surface area contributed by atoms with Crippen molar-refractivity contribution >= 4 is 17.4 Å². The van der Waals surface area contributed by atoms with E-state index in [1.54, 1.807) is 55.5 Å². The molecule has 24 heavy (non-hydrogen) atoms. The van der Waals surface area contributed by atoms with Crippen LogP contribution in [0.1, 0.15) is 31.1 Å². The number of ketones is 1. The van der Waals surface area contributed by atoms with Gasteiger partial charge >= 0.3 is 0 Å². The highest BCUT2D eigenvalue weighted by Gasteiger charge is 2.15. The van der Waals surface area contributed by atoms with E-state index < -0.39 is 6.10 Å². The Labute approximate surface area is 141 Å². The van der Waals surface area contributed by atoms with Crippen molar-refractivity contribution in [3.63, 3.8) is 0 Å². The summed E-state index contributed by atoms with van der Waals surface area (Å²) in [7, 11) is 0. The van der Waals surface area contributed by atoms with Crippen LogP contribution in [0.4, 0.5) is 5.69 Å². The van der Waals surface area contributed by atoms with Crippen molar-refractivity contribution in [1.29, 1.82) is 0 Å². The summed E-state index contributed by atoms with van der Waals surface area (Å²) >= 11 is 0. The zero-order chi connectivity index (χ0) is 17.5. The second-order valence-corrected chi connectivity index (χ2v) is 5.29. The Morgan fingerprint density at radius 3 is 2.12 bits per heavy atom. The normalized spacial score (nSPS) is 11.5. The van der Waals surface area contributed by atoms with Gasteiger partial charge in [-0.1, -0.05) is 0 Å². The summed E-state index contributed by atoms with van der Waals surface area (Å²) in [5.74, 6) is 1.07. The van der Waals surface area contributed by atoms with E-state index in [1.165, 1.54) is 6.92 Å². The van der Waals surface area contributed by atoms with Crippen LogP contribution in [0.15, 0.2) is 48.5 Å². The zero-order valence-electron chi connectivity index (χ0n) is 14.0. The molecule has 0 aliphatic heterocycles. The van der Waals surface area contributed by atoms with E-state index in [0.29, 0.717) is 23.6 Å². The zero-order valence-corrected chi connectivity index (χ0v) is 14.0. The summed E-state index contributed by atoms with van der Waals surface area (Å²) in [6, 6.07) is 13.9. The molecule has 5 nitrogen and oxygen atoms in total. The molecule has 1 N–H and O–H groups in total. The fraction of sp³-hybridized carbons (Fsp3) is 0.263. The third-order valence-corrected chi connectivity index (χ3v) is 3.38. The summed E-state index contributed by atoms with van der Waals surface area (Å²) in [5.41, 5.74) is 1.22. The maximum absolute atomic E-state index is 12.2. The number of carbonyl (C=O) groups excluding carboxylic acids is 2. The topological polar surface area (TPSA) is 64.6 Å². The maximum Gasteiger partial charge on any atom is 0.265 e. The van der Waals surface area contributed by atoms with Crippen LogP contribution < -0.4 is 14.8 Å². The molecule has 5 heteroatoms. The number of rotatable bonds is 7. The summed E-state index contributed by atoms with van der Waals surface area (Å²) in [6.45, 7) is 5.69. The molecule has 0 aliphatic carbocycles. The van der Waals surface area contributed by atoms with Crippen LogP contribution in [0.2, 0.25) is 0 Å². The lowest BCUT2D eigenvalue weighted by Gasteiger charge is -2.15. The van der Waals surface area contributed by atoms with Crippen molar-refractivity contribution < 1.29 is 19.1 Å². The molecule has 1 amide bonds. The number of Topliss-reactive ketones (excluding diaryl/α,β-unsaturated/α-hetero) is 1. The van der Waals surface area contributed by atoms with Crippen LogP contribution in [0.25, 0.3) is 0 Å². The smallest absolute Gasteiger partial charge is 0.265 e. The highest BCUT2D eigenvalue weighted by Crippen LogP contribution is 2.19. The average Bonchev–Trinajstić information content (AvgIpc) is 2.57. The Kier molecular flexibility index (Phi) is 5.95. The number of amides is 1. The van der Waals surface area contributed by atoms with Gasteiger partial charge in [0.2, 0.25) is 0 Å². The van der Waals surface area contributed by atoms with Crippen LogP contribution >= 0.6 is 0 Å². The minimum atomic E-state index is -0.657. The molecule has 0 aliphatic rings. The molecule has 2 aromatic carbocycles. The quantitative estimate of drug-likeness (QED) is 0.788. The monoisotopic (exact) mass is 327 g/mol. The summed E-state index contributed by atoms with van der Waals surface area (Å²) in [5, 5.41) is 2.76. The number of hydrogen-bond donors (Lipinski definition) is 1. The van der Waals surface area contributed by atoms with Crippen LogP contribution in [0.3, 0.4) is 0 Å². The first-order valence-corrected chi connectivity index (χ1v) is 7.81. The average molecular weight is 327 g/mol. The van der Waals surface area contributed by atoms with Crippen LogP contribution in [0.5, 0.6) is 11.5 Å². The molecular formula is C19H21NO4. The Bertz CT molecular complexity index is 692.